The molecule has 4 aromatic carbocycles. The number of nitrogens with two attached hydrogens (primary N) is 2. The molecule has 0 aliphatic heterocycles. The van der Waals surface area contributed by atoms with Crippen molar-refractivity contribution < 1.29 is 19.7 Å². The monoisotopic (exact) mass is 442 g/mol. The molecule has 0 radical (unpaired) electrons. The fourth-order valence-corrected chi connectivity index (χ4v) is 3.49. The largest absolute Gasteiger partial charge is 0.506 e. The quantitative estimate of drug-likeness (QED) is 0.200. The lowest BCUT2D eigenvalue weighted by atomic mass is 9.94. The Morgan fingerprint density at radius 1 is 0.636 bits per heavy atom. The van der Waals surface area contributed by atoms with Crippen LogP contribution in [-0.4, -0.2) is 10.2 Å². The third-order valence-electron chi connectivity index (χ3n) is 5.38. The summed E-state index contributed by atoms with van der Waals surface area (Å²) in [7, 11) is 0. The van der Waals surface area contributed by atoms with Crippen LogP contribution in [0.1, 0.15) is 24.0 Å². The molecule has 1 unspecified atom stereocenters. The number of anilines is 2. The minimum Gasteiger partial charge on any atom is -0.506 e. The minimum absolute atomic E-state index is 0.0381. The summed E-state index contributed by atoms with van der Waals surface area (Å²) in [6.07, 6.45) is 0.876. The van der Waals surface area contributed by atoms with Crippen molar-refractivity contribution in [3.63, 3.8) is 0 Å². The molecule has 0 aliphatic carbocycles. The molecule has 0 aromatic heterocycles. The van der Waals surface area contributed by atoms with Gasteiger partial charge in [-0.15, -0.1) is 0 Å². The molecule has 6 heteroatoms. The molecule has 0 spiro atoms. The third-order valence-corrected chi connectivity index (χ3v) is 5.38. The molecule has 0 aliphatic rings. The van der Waals surface area contributed by atoms with E-state index >= 15 is 0 Å². The molecule has 4 aromatic rings. The zero-order chi connectivity index (χ0) is 23.4. The van der Waals surface area contributed by atoms with Gasteiger partial charge in [0.25, 0.3) is 0 Å². The number of hydrogen-bond donors (Lipinski definition) is 4. The standard InChI is InChI=1S/C27H26N2O4/c1-17(19-4-8-21(9-5-19)33-23-11-13-27(31)25(29)16-23)14-18-2-6-20(7-3-18)32-22-10-12-26(30)24(28)15-22/h2-13,15-17,30-31H,14,28-29H2,1H3. The summed E-state index contributed by atoms with van der Waals surface area (Å²) in [6.45, 7) is 2.18. The summed E-state index contributed by atoms with van der Waals surface area (Å²) in [5.74, 6) is 2.94. The van der Waals surface area contributed by atoms with Crippen LogP contribution in [0.25, 0.3) is 0 Å². The Morgan fingerprint density at radius 3 is 1.52 bits per heavy atom. The first kappa shape index (κ1) is 21.9. The van der Waals surface area contributed by atoms with Crippen molar-refractivity contribution in [2.45, 2.75) is 19.3 Å². The van der Waals surface area contributed by atoms with E-state index in [4.69, 9.17) is 20.9 Å². The van der Waals surface area contributed by atoms with Gasteiger partial charge >= 0.3 is 0 Å². The van der Waals surface area contributed by atoms with Crippen molar-refractivity contribution in [3.05, 3.63) is 96.1 Å². The number of rotatable bonds is 7. The van der Waals surface area contributed by atoms with Crippen LogP contribution < -0.4 is 20.9 Å². The van der Waals surface area contributed by atoms with Gasteiger partial charge in [0.1, 0.15) is 34.5 Å². The van der Waals surface area contributed by atoms with Gasteiger partial charge in [0.2, 0.25) is 0 Å². The highest BCUT2D eigenvalue weighted by Crippen LogP contribution is 2.31. The maximum atomic E-state index is 9.53. The van der Waals surface area contributed by atoms with Gasteiger partial charge in [-0.3, -0.25) is 0 Å². The lowest BCUT2D eigenvalue weighted by Crippen LogP contribution is -1.98. The van der Waals surface area contributed by atoms with E-state index in [1.807, 2.05) is 36.4 Å². The predicted molar refractivity (Wildman–Crippen MR) is 130 cm³/mol. The van der Waals surface area contributed by atoms with Gasteiger partial charge in [-0.1, -0.05) is 31.2 Å². The first-order valence-electron chi connectivity index (χ1n) is 10.6. The van der Waals surface area contributed by atoms with E-state index in [1.54, 1.807) is 24.3 Å². The highest BCUT2D eigenvalue weighted by molar-refractivity contribution is 5.56. The van der Waals surface area contributed by atoms with Crippen LogP contribution in [-0.2, 0) is 6.42 Å². The maximum absolute atomic E-state index is 9.53. The molecule has 0 saturated carbocycles. The number of hydrogen-bond acceptors (Lipinski definition) is 6. The third kappa shape index (κ3) is 5.49. The molecule has 0 saturated heterocycles. The summed E-state index contributed by atoms with van der Waals surface area (Å²) in [4.78, 5) is 0. The van der Waals surface area contributed by atoms with Crippen molar-refractivity contribution in [2.24, 2.45) is 0 Å². The molecule has 0 heterocycles. The van der Waals surface area contributed by atoms with E-state index in [-0.39, 0.29) is 22.9 Å². The Balaban J connectivity index is 1.35. The van der Waals surface area contributed by atoms with Gasteiger partial charge in [-0.2, -0.15) is 0 Å². The Labute approximate surface area is 192 Å². The van der Waals surface area contributed by atoms with Gasteiger partial charge < -0.3 is 31.2 Å². The number of phenolic OH excluding ortho intramolecular Hbond substituents is 2. The molecule has 4 rings (SSSR count). The lowest BCUT2D eigenvalue weighted by molar-refractivity contribution is 0.466. The van der Waals surface area contributed by atoms with E-state index in [0.717, 1.165) is 6.42 Å². The zero-order valence-corrected chi connectivity index (χ0v) is 18.2. The van der Waals surface area contributed by atoms with E-state index in [1.165, 1.54) is 23.3 Å². The summed E-state index contributed by atoms with van der Waals surface area (Å²) < 4.78 is 11.6. The normalized spacial score (nSPS) is 11.7. The van der Waals surface area contributed by atoms with Crippen molar-refractivity contribution in [1.82, 2.24) is 0 Å². The number of aromatic hydroxyl groups is 2. The Hall–Kier alpha value is -4.32. The highest BCUT2D eigenvalue weighted by Gasteiger charge is 2.09. The van der Waals surface area contributed by atoms with Crippen molar-refractivity contribution in [2.75, 3.05) is 11.5 Å². The number of nitrogen functional groups attached to an aromatic ring is 2. The van der Waals surface area contributed by atoms with Crippen molar-refractivity contribution >= 4 is 11.4 Å². The Bertz CT molecular complexity index is 1240. The maximum Gasteiger partial charge on any atom is 0.138 e. The van der Waals surface area contributed by atoms with Gasteiger partial charge in [0, 0.05) is 12.1 Å². The summed E-state index contributed by atoms with van der Waals surface area (Å²) in [6, 6.07) is 25.4. The smallest absolute Gasteiger partial charge is 0.138 e. The van der Waals surface area contributed by atoms with Crippen LogP contribution in [0.5, 0.6) is 34.5 Å². The molecule has 1 atom stereocenters. The average molecular weight is 443 g/mol. The van der Waals surface area contributed by atoms with Crippen LogP contribution in [0.4, 0.5) is 11.4 Å². The number of benzene rings is 4. The summed E-state index contributed by atoms with van der Waals surface area (Å²) in [5, 5.41) is 19.1. The zero-order valence-electron chi connectivity index (χ0n) is 18.2. The van der Waals surface area contributed by atoms with Crippen LogP contribution in [0.3, 0.4) is 0 Å². The molecule has 0 fully saturated rings. The van der Waals surface area contributed by atoms with E-state index in [2.05, 4.69) is 19.1 Å². The van der Waals surface area contributed by atoms with E-state index < -0.39 is 0 Å². The van der Waals surface area contributed by atoms with Gasteiger partial charge in [0.15, 0.2) is 0 Å². The fourth-order valence-electron chi connectivity index (χ4n) is 3.49. The van der Waals surface area contributed by atoms with Gasteiger partial charge in [-0.05, 0) is 72.0 Å². The van der Waals surface area contributed by atoms with Crippen LogP contribution in [0.15, 0.2) is 84.9 Å². The molecule has 168 valence electrons. The first-order valence-corrected chi connectivity index (χ1v) is 10.6. The van der Waals surface area contributed by atoms with Crippen molar-refractivity contribution in [1.29, 1.82) is 0 Å². The highest BCUT2D eigenvalue weighted by atomic mass is 16.5. The Kier molecular flexibility index (Phi) is 6.26. The second-order valence-electron chi connectivity index (χ2n) is 7.96. The van der Waals surface area contributed by atoms with Crippen LogP contribution in [0, 0.1) is 0 Å². The predicted octanol–water partition coefficient (Wildman–Crippen LogP) is 6.19. The molecule has 6 N–H and O–H groups in total. The van der Waals surface area contributed by atoms with Gasteiger partial charge in [-0.25, -0.2) is 0 Å². The van der Waals surface area contributed by atoms with E-state index in [0.29, 0.717) is 28.9 Å². The number of phenols is 2. The second kappa shape index (κ2) is 9.44. The molecular formula is C27H26N2O4. The van der Waals surface area contributed by atoms with E-state index in [9.17, 15) is 10.2 Å². The summed E-state index contributed by atoms with van der Waals surface area (Å²) in [5.41, 5.74) is 14.4. The molecule has 0 bridgehead atoms. The van der Waals surface area contributed by atoms with Crippen molar-refractivity contribution in [3.8, 4) is 34.5 Å². The van der Waals surface area contributed by atoms with Gasteiger partial charge in [0.05, 0.1) is 11.4 Å². The van der Waals surface area contributed by atoms with Crippen LogP contribution >= 0.6 is 0 Å². The minimum atomic E-state index is 0.0381. The molecule has 6 nitrogen and oxygen atoms in total. The summed E-state index contributed by atoms with van der Waals surface area (Å²) >= 11 is 0. The topological polar surface area (TPSA) is 111 Å². The molecule has 33 heavy (non-hydrogen) atoms. The SMILES string of the molecule is CC(Cc1ccc(Oc2ccc(O)c(N)c2)cc1)c1ccc(Oc2ccc(O)c(N)c2)cc1. The average Bonchev–Trinajstić information content (AvgIpc) is 2.80. The lowest BCUT2D eigenvalue weighted by Gasteiger charge is -2.14. The molecule has 0 amide bonds. The first-order chi connectivity index (χ1) is 15.9. The molecular weight excluding hydrogens is 416 g/mol. The second-order valence-corrected chi connectivity index (χ2v) is 7.96. The van der Waals surface area contributed by atoms with Crippen LogP contribution in [0.2, 0.25) is 0 Å². The fraction of sp³-hybridized carbons (Fsp3) is 0.111. The number of ether oxygens (including phenoxy) is 2. The Morgan fingerprint density at radius 2 is 1.06 bits per heavy atom.